The van der Waals surface area contributed by atoms with Gasteiger partial charge in [-0.3, -0.25) is 10.1 Å². The van der Waals surface area contributed by atoms with Crippen LogP contribution in [-0.4, -0.2) is 23.5 Å². The van der Waals surface area contributed by atoms with Gasteiger partial charge in [-0.2, -0.15) is 0 Å². The van der Waals surface area contributed by atoms with Crippen LogP contribution < -0.4 is 0 Å². The molecule has 0 saturated carbocycles. The smallest absolute Gasteiger partial charge is 0.272 e. The Labute approximate surface area is 122 Å². The number of unbranched alkanes of at least 4 members (excludes halogenated alkanes) is 3. The molecule has 0 N–H and O–H groups in total. The van der Waals surface area contributed by atoms with E-state index in [4.69, 9.17) is 4.74 Å². The molecule has 0 aliphatic rings. The number of hydrogen-bond acceptors (Lipinski definition) is 3. The number of para-hydroxylation sites is 1. The Morgan fingerprint density at radius 3 is 2.58 bits per heavy atom. The molecule has 0 aliphatic carbocycles. The second-order valence-corrected chi connectivity index (χ2v) is 5.14. The monoisotopic (exact) mass is 329 g/mol. The highest BCUT2D eigenvalue weighted by Crippen LogP contribution is 2.18. The van der Waals surface area contributed by atoms with Crippen molar-refractivity contribution in [3.63, 3.8) is 0 Å². The molecule has 0 bridgehead atoms. The molecule has 0 heterocycles. The first kappa shape index (κ1) is 16.1. The maximum absolute atomic E-state index is 10.8. The summed E-state index contributed by atoms with van der Waals surface area (Å²) in [6, 6.07) is 6.84. The zero-order chi connectivity index (χ0) is 13.9. The predicted octanol–water partition coefficient (Wildman–Crippen LogP) is 4.11. The summed E-state index contributed by atoms with van der Waals surface area (Å²) in [5, 5.41) is 11.9. The molecule has 106 valence electrons. The van der Waals surface area contributed by atoms with Gasteiger partial charge in [0.2, 0.25) is 0 Å². The molecule has 1 aromatic carbocycles. The first-order valence-electron chi connectivity index (χ1n) is 6.61. The summed E-state index contributed by atoms with van der Waals surface area (Å²) in [5.74, 6) is 0. The predicted molar refractivity (Wildman–Crippen MR) is 79.9 cm³/mol. The van der Waals surface area contributed by atoms with Crippen LogP contribution in [0.1, 0.15) is 31.2 Å². The van der Waals surface area contributed by atoms with E-state index in [1.807, 2.05) is 6.07 Å². The van der Waals surface area contributed by atoms with Gasteiger partial charge >= 0.3 is 0 Å². The highest BCUT2D eigenvalue weighted by Gasteiger charge is 2.11. The number of hydrogen-bond donors (Lipinski definition) is 0. The van der Waals surface area contributed by atoms with Gasteiger partial charge in [-0.15, -0.1) is 0 Å². The number of nitro groups is 1. The fraction of sp³-hybridized carbons (Fsp3) is 0.571. The normalized spacial score (nSPS) is 10.6. The first-order valence-corrected chi connectivity index (χ1v) is 7.74. The number of alkyl halides is 1. The summed E-state index contributed by atoms with van der Waals surface area (Å²) >= 11 is 3.40. The van der Waals surface area contributed by atoms with Crippen LogP contribution in [0.15, 0.2) is 24.3 Å². The molecule has 0 aromatic heterocycles. The maximum Gasteiger partial charge on any atom is 0.272 e. The molecule has 0 unspecified atom stereocenters. The number of nitrogens with zero attached hydrogens (tertiary/aromatic N) is 1. The van der Waals surface area contributed by atoms with Crippen molar-refractivity contribution in [3.05, 3.63) is 39.9 Å². The molecule has 0 saturated heterocycles. The molecule has 0 aliphatic heterocycles. The Kier molecular flexibility index (Phi) is 8.41. The second-order valence-electron chi connectivity index (χ2n) is 4.35. The lowest BCUT2D eigenvalue weighted by Crippen LogP contribution is -2.03. The van der Waals surface area contributed by atoms with Crippen LogP contribution in [0.25, 0.3) is 0 Å². The highest BCUT2D eigenvalue weighted by molar-refractivity contribution is 9.09. The third kappa shape index (κ3) is 6.68. The van der Waals surface area contributed by atoms with Gasteiger partial charge in [0, 0.05) is 30.0 Å². The van der Waals surface area contributed by atoms with Gasteiger partial charge in [0.05, 0.1) is 11.5 Å². The summed E-state index contributed by atoms with van der Waals surface area (Å²) in [5.41, 5.74) is 0.926. The number of nitro benzene ring substituents is 1. The fourth-order valence-corrected chi connectivity index (χ4v) is 2.23. The minimum Gasteiger partial charge on any atom is -0.381 e. The van der Waals surface area contributed by atoms with Gasteiger partial charge in [0.1, 0.15) is 0 Å². The fourth-order valence-electron chi connectivity index (χ4n) is 1.84. The second kappa shape index (κ2) is 9.92. The van der Waals surface area contributed by atoms with Gasteiger partial charge in [0.15, 0.2) is 0 Å². The first-order chi connectivity index (χ1) is 9.25. The molecule has 0 radical (unpaired) electrons. The minimum absolute atomic E-state index is 0.184. The lowest BCUT2D eigenvalue weighted by molar-refractivity contribution is -0.385. The SMILES string of the molecule is O=[N+]([O-])c1ccccc1CCOCCCCCCBr. The molecule has 0 spiro atoms. The van der Waals surface area contributed by atoms with Gasteiger partial charge in [-0.25, -0.2) is 0 Å². The molecule has 0 atom stereocenters. The standard InChI is InChI=1S/C14H20BrNO3/c15-10-5-1-2-6-11-19-12-9-13-7-3-4-8-14(13)16(17)18/h3-4,7-8H,1-2,5-6,9-12H2. The van der Waals surface area contributed by atoms with Crippen LogP contribution in [0, 0.1) is 10.1 Å². The van der Waals surface area contributed by atoms with E-state index in [0.717, 1.165) is 23.9 Å². The van der Waals surface area contributed by atoms with Crippen molar-refractivity contribution in [2.45, 2.75) is 32.1 Å². The Hall–Kier alpha value is -0.940. The van der Waals surface area contributed by atoms with Crippen molar-refractivity contribution in [1.29, 1.82) is 0 Å². The summed E-state index contributed by atoms with van der Waals surface area (Å²) in [7, 11) is 0. The van der Waals surface area contributed by atoms with E-state index in [1.54, 1.807) is 12.1 Å². The molecule has 4 nitrogen and oxygen atoms in total. The van der Waals surface area contributed by atoms with Crippen LogP contribution in [0.4, 0.5) is 5.69 Å². The largest absolute Gasteiger partial charge is 0.381 e. The van der Waals surface area contributed by atoms with E-state index in [1.165, 1.54) is 25.3 Å². The van der Waals surface area contributed by atoms with Gasteiger partial charge in [-0.05, 0) is 12.8 Å². The van der Waals surface area contributed by atoms with E-state index in [-0.39, 0.29) is 10.6 Å². The number of rotatable bonds is 10. The molecule has 5 heteroatoms. The molecule has 1 rings (SSSR count). The van der Waals surface area contributed by atoms with Crippen molar-refractivity contribution in [3.8, 4) is 0 Å². The van der Waals surface area contributed by atoms with Gasteiger partial charge in [0.25, 0.3) is 5.69 Å². The van der Waals surface area contributed by atoms with Crippen molar-refractivity contribution in [1.82, 2.24) is 0 Å². The van der Waals surface area contributed by atoms with Crippen molar-refractivity contribution >= 4 is 21.6 Å². The molecular weight excluding hydrogens is 310 g/mol. The van der Waals surface area contributed by atoms with Crippen molar-refractivity contribution in [2.75, 3.05) is 18.5 Å². The Morgan fingerprint density at radius 2 is 1.84 bits per heavy atom. The Morgan fingerprint density at radius 1 is 1.11 bits per heavy atom. The third-order valence-corrected chi connectivity index (χ3v) is 3.44. The van der Waals surface area contributed by atoms with E-state index in [2.05, 4.69) is 15.9 Å². The molecular formula is C14H20BrNO3. The van der Waals surface area contributed by atoms with Crippen LogP contribution in [0.3, 0.4) is 0 Å². The molecule has 0 fully saturated rings. The Bertz CT molecular complexity index is 385. The van der Waals surface area contributed by atoms with Crippen molar-refractivity contribution in [2.24, 2.45) is 0 Å². The van der Waals surface area contributed by atoms with Crippen LogP contribution in [-0.2, 0) is 11.2 Å². The lowest BCUT2D eigenvalue weighted by atomic mass is 10.1. The quantitative estimate of drug-likeness (QED) is 0.281. The van der Waals surface area contributed by atoms with E-state index in [9.17, 15) is 10.1 Å². The lowest BCUT2D eigenvalue weighted by Gasteiger charge is -2.05. The summed E-state index contributed by atoms with van der Waals surface area (Å²) < 4.78 is 5.52. The zero-order valence-electron chi connectivity index (χ0n) is 11.0. The van der Waals surface area contributed by atoms with Crippen LogP contribution >= 0.6 is 15.9 Å². The average Bonchev–Trinajstić information content (AvgIpc) is 2.42. The maximum atomic E-state index is 10.8. The molecule has 1 aromatic rings. The summed E-state index contributed by atoms with van der Waals surface area (Å²) in [4.78, 5) is 10.5. The van der Waals surface area contributed by atoms with Crippen LogP contribution in [0.2, 0.25) is 0 Å². The van der Waals surface area contributed by atoms with E-state index >= 15 is 0 Å². The topological polar surface area (TPSA) is 52.4 Å². The molecule has 19 heavy (non-hydrogen) atoms. The summed E-state index contributed by atoms with van der Waals surface area (Å²) in [6.45, 7) is 1.28. The third-order valence-electron chi connectivity index (χ3n) is 2.88. The van der Waals surface area contributed by atoms with E-state index < -0.39 is 0 Å². The number of halogens is 1. The number of benzene rings is 1. The van der Waals surface area contributed by atoms with Crippen molar-refractivity contribution < 1.29 is 9.66 Å². The number of ether oxygens (including phenoxy) is 1. The average molecular weight is 330 g/mol. The summed E-state index contributed by atoms with van der Waals surface area (Å²) in [6.07, 6.45) is 5.26. The van der Waals surface area contributed by atoms with Gasteiger partial charge in [-0.1, -0.05) is 47.0 Å². The highest BCUT2D eigenvalue weighted by atomic mass is 79.9. The van der Waals surface area contributed by atoms with E-state index in [0.29, 0.717) is 13.0 Å². The molecule has 0 amide bonds. The minimum atomic E-state index is -0.338. The van der Waals surface area contributed by atoms with Gasteiger partial charge < -0.3 is 4.74 Å². The zero-order valence-corrected chi connectivity index (χ0v) is 12.6. The van der Waals surface area contributed by atoms with Crippen LogP contribution in [0.5, 0.6) is 0 Å². The Balaban J connectivity index is 2.17.